The van der Waals surface area contributed by atoms with Gasteiger partial charge in [0.25, 0.3) is 5.91 Å². The van der Waals surface area contributed by atoms with Gasteiger partial charge in [-0.15, -0.1) is 0 Å². The van der Waals surface area contributed by atoms with Gasteiger partial charge in [0.15, 0.2) is 17.0 Å². The van der Waals surface area contributed by atoms with Gasteiger partial charge in [0, 0.05) is 50.0 Å². The average Bonchev–Trinajstić information content (AvgIpc) is 3.08. The lowest BCUT2D eigenvalue weighted by molar-refractivity contribution is -0.214. The fourth-order valence-electron chi connectivity index (χ4n) is 8.08. The van der Waals surface area contributed by atoms with E-state index in [1.54, 1.807) is 6.92 Å². The Kier molecular flexibility index (Phi) is 9.38. The molecule has 17 nitrogen and oxygen atoms in total. The summed E-state index contributed by atoms with van der Waals surface area (Å²) in [7, 11) is 2.24. The molecule has 0 bridgehead atoms. The summed E-state index contributed by atoms with van der Waals surface area (Å²) in [5.41, 5.74) is -10.4. The van der Waals surface area contributed by atoms with Crippen LogP contribution in [0.5, 0.6) is 11.5 Å². The SMILES string of the molecule is CO[C@@H]1[C@@H](O)[C@@H](CO)C(NC2=CC(=O)c3c(cc4c(c3O)C(=O)[C@]3(OC)[C@H](O)Cc5cc(C)c(C(=O)NCCO)c(O)c5[C@]3(O)C4=O)C2=O)O[C@H]1C. The summed E-state index contributed by atoms with van der Waals surface area (Å²) in [5.74, 6) is -8.73. The van der Waals surface area contributed by atoms with Crippen molar-refractivity contribution in [2.45, 2.75) is 62.1 Å². The number of fused-ring (bicyclic) bond motifs is 5. The predicted octanol–water partition coefficient (Wildman–Crippen LogP) is -1.72. The molecule has 1 unspecified atom stereocenters. The molecule has 17 heteroatoms. The number of benzene rings is 2. The summed E-state index contributed by atoms with van der Waals surface area (Å²) in [4.78, 5) is 69.7. The van der Waals surface area contributed by atoms with Crippen LogP contribution in [0.3, 0.4) is 0 Å². The number of rotatable bonds is 8. The molecule has 1 fully saturated rings. The van der Waals surface area contributed by atoms with E-state index in [4.69, 9.17) is 14.2 Å². The predicted molar refractivity (Wildman–Crippen MR) is 174 cm³/mol. The van der Waals surface area contributed by atoms with Crippen molar-refractivity contribution in [3.8, 4) is 11.5 Å². The van der Waals surface area contributed by atoms with Gasteiger partial charge in [-0.1, -0.05) is 6.07 Å². The van der Waals surface area contributed by atoms with Crippen molar-refractivity contribution in [1.29, 1.82) is 0 Å². The molecule has 2 aromatic carbocycles. The van der Waals surface area contributed by atoms with E-state index in [9.17, 15) is 59.7 Å². The molecule has 4 aliphatic rings. The zero-order valence-corrected chi connectivity index (χ0v) is 28.4. The molecule has 278 valence electrons. The number of carbonyl (C=O) groups excluding carboxylic acids is 5. The van der Waals surface area contributed by atoms with Gasteiger partial charge in [-0.05, 0) is 31.0 Å². The number of Topliss-reactive ketones (excluding diaryl/α,β-unsaturated/α-hetero) is 3. The van der Waals surface area contributed by atoms with Gasteiger partial charge >= 0.3 is 0 Å². The number of nitrogens with one attached hydrogen (secondary N) is 2. The summed E-state index contributed by atoms with van der Waals surface area (Å²) in [6, 6.07) is 2.15. The van der Waals surface area contributed by atoms with Gasteiger partial charge in [0.1, 0.15) is 23.8 Å². The summed E-state index contributed by atoms with van der Waals surface area (Å²) < 4.78 is 16.6. The van der Waals surface area contributed by atoms with Gasteiger partial charge in [-0.2, -0.15) is 0 Å². The molecule has 0 aromatic heterocycles. The minimum atomic E-state index is -3.27. The Bertz CT molecular complexity index is 1960. The topological polar surface area (TPSA) is 279 Å². The first-order chi connectivity index (χ1) is 24.6. The Hall–Kier alpha value is -4.59. The first kappa shape index (κ1) is 37.2. The number of aromatic hydroxyl groups is 2. The van der Waals surface area contributed by atoms with Crippen LogP contribution in [0.2, 0.25) is 0 Å². The number of aliphatic hydroxyl groups is 5. The van der Waals surface area contributed by atoms with E-state index in [1.165, 1.54) is 20.1 Å². The highest BCUT2D eigenvalue weighted by molar-refractivity contribution is 6.31. The molecule has 52 heavy (non-hydrogen) atoms. The van der Waals surface area contributed by atoms with E-state index in [1.807, 2.05) is 0 Å². The van der Waals surface area contributed by atoms with Crippen LogP contribution in [0.1, 0.15) is 75.4 Å². The van der Waals surface area contributed by atoms with Crippen LogP contribution < -0.4 is 10.6 Å². The number of hydrogen-bond donors (Lipinski definition) is 9. The second-order valence-electron chi connectivity index (χ2n) is 13.2. The lowest BCUT2D eigenvalue weighted by atomic mass is 9.56. The Morgan fingerprint density at radius 2 is 1.71 bits per heavy atom. The number of ketones is 4. The van der Waals surface area contributed by atoms with Crippen LogP contribution >= 0.6 is 0 Å². The van der Waals surface area contributed by atoms with Crippen LogP contribution in [-0.2, 0) is 26.2 Å². The number of allylic oxidation sites excluding steroid dienone is 2. The van der Waals surface area contributed by atoms with Crippen molar-refractivity contribution in [1.82, 2.24) is 10.6 Å². The monoisotopic (exact) mass is 726 g/mol. The molecule has 1 heterocycles. The number of phenolic OH excluding ortho intramolecular Hbond substituents is 2. The van der Waals surface area contributed by atoms with E-state index in [-0.39, 0.29) is 17.7 Å². The van der Waals surface area contributed by atoms with Crippen molar-refractivity contribution in [3.05, 3.63) is 68.4 Å². The number of hydrogen-bond acceptors (Lipinski definition) is 16. The van der Waals surface area contributed by atoms with Crippen molar-refractivity contribution in [3.63, 3.8) is 0 Å². The Balaban J connectivity index is 1.50. The molecule has 1 saturated heterocycles. The molecule has 1 amide bonds. The minimum Gasteiger partial charge on any atom is -0.507 e. The normalized spacial score (nSPS) is 30.9. The molecular weight excluding hydrogens is 688 g/mol. The summed E-state index contributed by atoms with van der Waals surface area (Å²) in [6.07, 6.45) is -5.70. The standard InChI is InChI=1S/C35H38N2O15/c1-12-7-14-8-20(41)35(51-4)31(47)23-16(30(46)34(35,49)24(14)28(45)21(12)32(48)36-5-6-38)9-15-22(27(23)44)19(40)10-18(25(15)42)37-33-17(11-39)26(43)29(50-3)13(2)52-33/h7,9-10,13,17,20,26,29,33,37-39,41,43-45,49H,5-6,8,11H2,1-4H3,(H,36,48)/t13-,17+,20+,26-,29-,33?,34-,35+/m0/s1. The molecule has 0 spiro atoms. The summed E-state index contributed by atoms with van der Waals surface area (Å²) in [5, 5.41) is 82.1. The number of methoxy groups -OCH3 is 2. The highest BCUT2D eigenvalue weighted by Crippen LogP contribution is 2.56. The highest BCUT2D eigenvalue weighted by atomic mass is 16.6. The molecular formula is C35H38N2O15. The van der Waals surface area contributed by atoms with E-state index in [0.29, 0.717) is 0 Å². The summed E-state index contributed by atoms with van der Waals surface area (Å²) >= 11 is 0. The quantitative estimate of drug-likeness (QED) is 0.146. The zero-order valence-electron chi connectivity index (χ0n) is 28.4. The third kappa shape index (κ3) is 4.88. The maximum Gasteiger partial charge on any atom is 0.255 e. The van der Waals surface area contributed by atoms with Crippen LogP contribution in [0.15, 0.2) is 23.9 Å². The number of aliphatic hydroxyl groups excluding tert-OH is 4. The van der Waals surface area contributed by atoms with Gasteiger partial charge in [-0.3, -0.25) is 24.0 Å². The highest BCUT2D eigenvalue weighted by Gasteiger charge is 2.72. The molecule has 0 radical (unpaired) electrons. The fourth-order valence-corrected chi connectivity index (χ4v) is 8.08. The van der Waals surface area contributed by atoms with E-state index >= 15 is 0 Å². The third-order valence-corrected chi connectivity index (χ3v) is 10.5. The smallest absolute Gasteiger partial charge is 0.255 e. The number of carbonyl (C=O) groups is 5. The van der Waals surface area contributed by atoms with Crippen LogP contribution in [-0.4, -0.2) is 135 Å². The van der Waals surface area contributed by atoms with Crippen molar-refractivity contribution >= 4 is 29.0 Å². The molecule has 2 aromatic rings. The molecule has 3 aliphatic carbocycles. The first-order valence-electron chi connectivity index (χ1n) is 16.3. The van der Waals surface area contributed by atoms with Crippen LogP contribution in [0, 0.1) is 12.8 Å². The fraction of sp³-hybridized carbons (Fsp3) is 0.457. The van der Waals surface area contributed by atoms with E-state index < -0.39 is 147 Å². The van der Waals surface area contributed by atoms with E-state index in [0.717, 1.165) is 19.3 Å². The van der Waals surface area contributed by atoms with Gasteiger partial charge in [-0.25, -0.2) is 0 Å². The van der Waals surface area contributed by atoms with Crippen LogP contribution in [0.25, 0.3) is 0 Å². The molecule has 1 aliphatic heterocycles. The number of ether oxygens (including phenoxy) is 3. The molecule has 6 rings (SSSR count). The minimum absolute atomic E-state index is 0.0260. The lowest BCUT2D eigenvalue weighted by Gasteiger charge is -2.53. The second kappa shape index (κ2) is 13.1. The van der Waals surface area contributed by atoms with E-state index in [2.05, 4.69) is 10.6 Å². The van der Waals surface area contributed by atoms with Crippen molar-refractivity contribution in [2.24, 2.45) is 5.92 Å². The molecule has 8 atom stereocenters. The largest absolute Gasteiger partial charge is 0.507 e. The average molecular weight is 727 g/mol. The second-order valence-corrected chi connectivity index (χ2v) is 13.2. The Morgan fingerprint density at radius 3 is 2.33 bits per heavy atom. The summed E-state index contributed by atoms with van der Waals surface area (Å²) in [6.45, 7) is 1.74. The molecule has 0 saturated carbocycles. The number of phenols is 2. The maximum atomic E-state index is 14.7. The lowest BCUT2D eigenvalue weighted by Crippen LogP contribution is -2.73. The van der Waals surface area contributed by atoms with Crippen molar-refractivity contribution in [2.75, 3.05) is 34.0 Å². The van der Waals surface area contributed by atoms with Gasteiger partial charge in [0.2, 0.25) is 17.3 Å². The van der Waals surface area contributed by atoms with Crippen molar-refractivity contribution < 1.29 is 73.9 Å². The van der Waals surface area contributed by atoms with Crippen LogP contribution in [0.4, 0.5) is 0 Å². The third-order valence-electron chi connectivity index (χ3n) is 10.5. The first-order valence-corrected chi connectivity index (χ1v) is 16.3. The van der Waals surface area contributed by atoms with Gasteiger partial charge < -0.3 is 60.6 Å². The zero-order chi connectivity index (χ0) is 38.2. The van der Waals surface area contributed by atoms with Gasteiger partial charge in [0.05, 0.1) is 59.8 Å². The maximum absolute atomic E-state index is 14.7. The Morgan fingerprint density at radius 1 is 1.02 bits per heavy atom. The molecule has 9 N–H and O–H groups in total. The number of aryl methyl sites for hydroxylation is 1. The number of amides is 1. The Labute approximate surface area is 295 Å².